The second-order valence-electron chi connectivity index (χ2n) is 10.3. The van der Waals surface area contributed by atoms with Crippen LogP contribution in [0, 0.1) is 23.1 Å². The number of likely N-dealkylation sites (tertiary alicyclic amines) is 1. The molecule has 3 N–H and O–H groups in total. The van der Waals surface area contributed by atoms with Crippen LogP contribution < -0.4 is 15.4 Å². The molecule has 4 unspecified atom stereocenters. The van der Waals surface area contributed by atoms with Crippen molar-refractivity contribution in [2.45, 2.75) is 57.2 Å². The molecule has 4 atom stereocenters. The summed E-state index contributed by atoms with van der Waals surface area (Å²) in [5.41, 5.74) is 2.61. The Bertz CT molecular complexity index is 1140. The third kappa shape index (κ3) is 4.04. The molecule has 0 radical (unpaired) electrons. The smallest absolute Gasteiger partial charge is 0.258 e. The van der Waals surface area contributed by atoms with Crippen LogP contribution in [0.3, 0.4) is 0 Å². The number of halogens is 1. The van der Waals surface area contributed by atoms with Crippen molar-refractivity contribution in [2.75, 3.05) is 13.1 Å². The normalized spacial score (nSPS) is 32.6. The molecule has 2 bridgehead atoms. The van der Waals surface area contributed by atoms with Crippen molar-refractivity contribution in [1.82, 2.24) is 15.5 Å². The van der Waals surface area contributed by atoms with Gasteiger partial charge in [-0.15, -0.1) is 0 Å². The maximum atomic E-state index is 14.1. The van der Waals surface area contributed by atoms with E-state index in [1.165, 1.54) is 36.6 Å². The van der Waals surface area contributed by atoms with Crippen LogP contribution >= 0.6 is 0 Å². The van der Waals surface area contributed by atoms with Gasteiger partial charge in [-0.25, -0.2) is 9.38 Å². The molecule has 8 heteroatoms. The molecule has 178 valence electrons. The van der Waals surface area contributed by atoms with Gasteiger partial charge in [-0.2, -0.15) is 0 Å². The van der Waals surface area contributed by atoms with Crippen LogP contribution in [0.2, 0.25) is 0 Å². The molecule has 4 aliphatic heterocycles. The molecule has 5 aliphatic rings. The van der Waals surface area contributed by atoms with Gasteiger partial charge >= 0.3 is 0 Å². The quantitative estimate of drug-likeness (QED) is 0.639. The van der Waals surface area contributed by atoms with E-state index in [9.17, 15) is 9.18 Å². The Morgan fingerprint density at radius 3 is 2.82 bits per heavy atom. The highest BCUT2D eigenvalue weighted by atomic mass is 19.1. The zero-order chi connectivity index (χ0) is 23.4. The highest BCUT2D eigenvalue weighted by Crippen LogP contribution is 2.37. The van der Waals surface area contributed by atoms with Gasteiger partial charge in [-0.05, 0) is 61.6 Å². The topological polar surface area (TPSA) is 89.8 Å². The van der Waals surface area contributed by atoms with E-state index < -0.39 is 5.82 Å². The van der Waals surface area contributed by atoms with Crippen LogP contribution in [-0.2, 0) is 0 Å². The molecule has 0 spiro atoms. The van der Waals surface area contributed by atoms with Crippen molar-refractivity contribution in [3.8, 4) is 5.75 Å². The summed E-state index contributed by atoms with van der Waals surface area (Å²) in [5.74, 6) is 1.43. The number of piperidine rings is 1. The van der Waals surface area contributed by atoms with E-state index in [1.807, 2.05) is 12.4 Å². The predicted octanol–water partition coefficient (Wildman–Crippen LogP) is 3.39. The van der Waals surface area contributed by atoms with Crippen LogP contribution in [-0.4, -0.2) is 54.0 Å². The summed E-state index contributed by atoms with van der Waals surface area (Å²) in [5, 5.41) is 15.3. The molecule has 1 aromatic rings. The number of carbonyl (C=O) groups excluding carboxylic acids is 1. The maximum Gasteiger partial charge on any atom is 0.258 e. The monoisotopic (exact) mass is 463 g/mol. The Kier molecular flexibility index (Phi) is 5.28. The average Bonchev–Trinajstić information content (AvgIpc) is 3.55. The van der Waals surface area contributed by atoms with Gasteiger partial charge in [0.15, 0.2) is 0 Å². The summed E-state index contributed by atoms with van der Waals surface area (Å²) in [4.78, 5) is 19.6. The van der Waals surface area contributed by atoms with Gasteiger partial charge in [0.05, 0.1) is 24.4 Å². The lowest BCUT2D eigenvalue weighted by atomic mass is 9.99. The second kappa shape index (κ2) is 8.34. The molecule has 1 amide bonds. The molecule has 1 aromatic carbocycles. The number of rotatable bonds is 4. The number of allylic oxidation sites excluding steroid dienone is 1. The minimum absolute atomic E-state index is 0.0441. The molecule has 34 heavy (non-hydrogen) atoms. The summed E-state index contributed by atoms with van der Waals surface area (Å²) in [6, 6.07) is 4.94. The number of amides is 1. The Morgan fingerprint density at radius 1 is 1.24 bits per heavy atom. The Morgan fingerprint density at radius 2 is 2.09 bits per heavy atom. The molecule has 7 nitrogen and oxygen atoms in total. The van der Waals surface area contributed by atoms with Crippen molar-refractivity contribution in [1.29, 1.82) is 5.41 Å². The molecule has 1 saturated carbocycles. The van der Waals surface area contributed by atoms with E-state index in [-0.39, 0.29) is 25.1 Å². The van der Waals surface area contributed by atoms with Crippen molar-refractivity contribution in [3.05, 3.63) is 52.7 Å². The summed E-state index contributed by atoms with van der Waals surface area (Å²) in [6.45, 7) is 2.73. The van der Waals surface area contributed by atoms with Gasteiger partial charge in [0.1, 0.15) is 23.5 Å². The number of carbonyl (C=O) groups is 1. The number of aliphatic imine (C=N–C) groups is 1. The fraction of sp³-hybridized carbons (Fsp3) is 0.500. The number of nitrogens with one attached hydrogen (secondary N) is 3. The van der Waals surface area contributed by atoms with Crippen molar-refractivity contribution in [3.63, 3.8) is 0 Å². The van der Waals surface area contributed by atoms with Crippen molar-refractivity contribution < 1.29 is 13.9 Å². The third-order valence-electron chi connectivity index (χ3n) is 7.73. The predicted molar refractivity (Wildman–Crippen MR) is 128 cm³/mol. The molecule has 1 aliphatic carbocycles. The summed E-state index contributed by atoms with van der Waals surface area (Å²) in [7, 11) is 0. The molecule has 3 saturated heterocycles. The zero-order valence-electron chi connectivity index (χ0n) is 19.3. The Labute approximate surface area is 198 Å². The average molecular weight is 464 g/mol. The van der Waals surface area contributed by atoms with Gasteiger partial charge in [-0.3, -0.25) is 4.79 Å². The van der Waals surface area contributed by atoms with E-state index in [4.69, 9.17) is 10.1 Å². The molecule has 4 fully saturated rings. The van der Waals surface area contributed by atoms with E-state index in [1.54, 1.807) is 4.90 Å². The molecular weight excluding hydrogens is 433 g/mol. The summed E-state index contributed by atoms with van der Waals surface area (Å²) < 4.78 is 20.4. The molecule has 4 heterocycles. The fourth-order valence-corrected chi connectivity index (χ4v) is 5.69. The largest absolute Gasteiger partial charge is 0.489 e. The van der Waals surface area contributed by atoms with Gasteiger partial charge in [-0.1, -0.05) is 6.92 Å². The number of hydrogen-bond acceptors (Lipinski definition) is 6. The standard InChI is InChI=1S/C26H30FN5O2/c1-14-6-18-8-19(9-23(14)31-18)34-24-7-17(27)4-5-20(24)26(33)32-12-21(22(28)13-32)25-29-10-16(11-30-25)15-2-3-15/h4-5,7,10-11,14-15,18-19,23,28-29,31H,2-3,6,8-9,12-13H2,1H3/b25-21+,28-22?. The van der Waals surface area contributed by atoms with Crippen LogP contribution in [0.1, 0.15) is 49.4 Å². The third-order valence-corrected chi connectivity index (χ3v) is 7.73. The van der Waals surface area contributed by atoms with Crippen molar-refractivity contribution >= 4 is 17.8 Å². The van der Waals surface area contributed by atoms with Crippen molar-refractivity contribution in [2.24, 2.45) is 16.8 Å². The number of benzene rings is 1. The zero-order valence-corrected chi connectivity index (χ0v) is 19.3. The minimum atomic E-state index is -0.423. The maximum absolute atomic E-state index is 14.1. The highest BCUT2D eigenvalue weighted by Gasteiger charge is 2.40. The SMILES string of the molecule is CC1CC2CC(Oc3cc(F)ccc3C(=O)N3CC(=N)/C(=C4/N=CC(C5CC5)=CN4)C3)CC1N2. The van der Waals surface area contributed by atoms with Crippen LogP contribution in [0.25, 0.3) is 0 Å². The summed E-state index contributed by atoms with van der Waals surface area (Å²) >= 11 is 0. The Hall–Kier alpha value is -3.00. The second-order valence-corrected chi connectivity index (χ2v) is 10.3. The van der Waals surface area contributed by atoms with Gasteiger partial charge in [0.2, 0.25) is 0 Å². The van der Waals surface area contributed by atoms with Crippen LogP contribution in [0.5, 0.6) is 5.75 Å². The van der Waals surface area contributed by atoms with Crippen LogP contribution in [0.4, 0.5) is 4.39 Å². The van der Waals surface area contributed by atoms with E-state index in [0.717, 1.165) is 19.3 Å². The van der Waals surface area contributed by atoms with Crippen LogP contribution in [0.15, 0.2) is 46.4 Å². The Balaban J connectivity index is 1.19. The lowest BCUT2D eigenvalue weighted by molar-refractivity contribution is 0.0790. The van der Waals surface area contributed by atoms with E-state index in [2.05, 4.69) is 22.5 Å². The lowest BCUT2D eigenvalue weighted by Crippen LogP contribution is -2.43. The highest BCUT2D eigenvalue weighted by molar-refractivity contribution is 6.08. The van der Waals surface area contributed by atoms with Gasteiger partial charge in [0.25, 0.3) is 5.91 Å². The van der Waals surface area contributed by atoms with Gasteiger partial charge in [0, 0.05) is 36.1 Å². The number of ether oxygens (including phenoxy) is 1. The minimum Gasteiger partial charge on any atom is -0.489 e. The first-order chi connectivity index (χ1) is 16.4. The number of hydrogen-bond donors (Lipinski definition) is 3. The van der Waals surface area contributed by atoms with Gasteiger partial charge < -0.3 is 25.7 Å². The lowest BCUT2D eigenvalue weighted by Gasteiger charge is -2.31. The summed E-state index contributed by atoms with van der Waals surface area (Å²) in [6.07, 6.45) is 9.02. The van der Waals surface area contributed by atoms with E-state index >= 15 is 0 Å². The fourth-order valence-electron chi connectivity index (χ4n) is 5.69. The first-order valence-corrected chi connectivity index (χ1v) is 12.3. The molecular formula is C26H30FN5O2. The molecule has 0 aromatic heterocycles. The first-order valence-electron chi connectivity index (χ1n) is 12.3. The number of nitrogens with zero attached hydrogens (tertiary/aromatic N) is 2. The molecule has 6 rings (SSSR count). The number of fused-ring (bicyclic) bond motifs is 2. The van der Waals surface area contributed by atoms with E-state index in [0.29, 0.717) is 52.3 Å². The first kappa shape index (κ1) is 21.5.